The zero-order valence-electron chi connectivity index (χ0n) is 28.6. The standard InChI is InChI=1S/C38H74O4/c1-3-5-7-9-11-12-13-14-15-16-17-18-19-20-22-27-31-35-38(41)42-36(32-28-24-21-10-8-6-4-2)33-29-25-23-26-30-34-37(39)40/h36H,3-35H2,1-2H3,(H,39,40). The molecule has 0 radical (unpaired) electrons. The SMILES string of the molecule is CCCCCCCCCCCCCCCCCCCC(=O)OC(CCCCCCCCC)CCCCCCCC(=O)O. The average Bonchev–Trinajstić information content (AvgIpc) is 2.97. The van der Waals surface area contributed by atoms with E-state index in [0.717, 1.165) is 64.2 Å². The van der Waals surface area contributed by atoms with Crippen molar-refractivity contribution in [1.29, 1.82) is 0 Å². The molecular formula is C38H74O4. The first-order valence-corrected chi connectivity index (χ1v) is 19.0. The van der Waals surface area contributed by atoms with Gasteiger partial charge in [0.25, 0.3) is 0 Å². The second kappa shape index (κ2) is 34.4. The number of rotatable bonds is 35. The molecule has 4 nitrogen and oxygen atoms in total. The van der Waals surface area contributed by atoms with Gasteiger partial charge in [0.2, 0.25) is 0 Å². The molecule has 42 heavy (non-hydrogen) atoms. The summed E-state index contributed by atoms with van der Waals surface area (Å²) >= 11 is 0. The molecule has 1 unspecified atom stereocenters. The minimum Gasteiger partial charge on any atom is -0.481 e. The van der Waals surface area contributed by atoms with E-state index >= 15 is 0 Å². The van der Waals surface area contributed by atoms with Crippen molar-refractivity contribution in [3.63, 3.8) is 0 Å². The molecule has 0 aliphatic heterocycles. The van der Waals surface area contributed by atoms with Crippen LogP contribution >= 0.6 is 0 Å². The molecule has 0 bridgehead atoms. The molecule has 0 rings (SSSR count). The second-order valence-electron chi connectivity index (χ2n) is 13.1. The highest BCUT2D eigenvalue weighted by Crippen LogP contribution is 2.19. The Balaban J connectivity index is 3.83. The molecule has 1 atom stereocenters. The number of unbranched alkanes of at least 4 members (excludes halogenated alkanes) is 26. The summed E-state index contributed by atoms with van der Waals surface area (Å²) in [6.45, 7) is 4.54. The molecular weight excluding hydrogens is 520 g/mol. The van der Waals surface area contributed by atoms with Gasteiger partial charge in [0.1, 0.15) is 6.10 Å². The normalized spacial score (nSPS) is 12.0. The van der Waals surface area contributed by atoms with Crippen LogP contribution in [0.5, 0.6) is 0 Å². The van der Waals surface area contributed by atoms with Gasteiger partial charge in [-0.3, -0.25) is 9.59 Å². The van der Waals surface area contributed by atoms with E-state index in [1.54, 1.807) is 0 Å². The van der Waals surface area contributed by atoms with Crippen LogP contribution in [0.4, 0.5) is 0 Å². The van der Waals surface area contributed by atoms with Crippen molar-refractivity contribution < 1.29 is 19.4 Å². The molecule has 4 heteroatoms. The topological polar surface area (TPSA) is 63.6 Å². The Bertz CT molecular complexity index is 561. The number of carboxylic acid groups (broad SMARTS) is 1. The largest absolute Gasteiger partial charge is 0.481 e. The van der Waals surface area contributed by atoms with Crippen LogP contribution in [0, 0.1) is 0 Å². The van der Waals surface area contributed by atoms with Gasteiger partial charge in [-0.05, 0) is 38.5 Å². The van der Waals surface area contributed by atoms with Gasteiger partial charge in [0.15, 0.2) is 0 Å². The molecule has 0 aliphatic carbocycles. The molecule has 0 aromatic carbocycles. The van der Waals surface area contributed by atoms with Gasteiger partial charge in [-0.15, -0.1) is 0 Å². The van der Waals surface area contributed by atoms with E-state index in [9.17, 15) is 9.59 Å². The smallest absolute Gasteiger partial charge is 0.306 e. The molecule has 0 spiro atoms. The van der Waals surface area contributed by atoms with Crippen molar-refractivity contribution in [2.75, 3.05) is 0 Å². The quantitative estimate of drug-likeness (QED) is 0.0585. The van der Waals surface area contributed by atoms with E-state index in [2.05, 4.69) is 13.8 Å². The van der Waals surface area contributed by atoms with E-state index in [-0.39, 0.29) is 18.5 Å². The Morgan fingerprint density at radius 3 is 1.05 bits per heavy atom. The first-order chi connectivity index (χ1) is 20.6. The highest BCUT2D eigenvalue weighted by Gasteiger charge is 2.14. The third kappa shape index (κ3) is 33.4. The van der Waals surface area contributed by atoms with Crippen molar-refractivity contribution in [3.8, 4) is 0 Å². The lowest BCUT2D eigenvalue weighted by atomic mass is 10.0. The number of esters is 1. The molecule has 250 valence electrons. The van der Waals surface area contributed by atoms with Crippen LogP contribution in [0.1, 0.15) is 226 Å². The molecule has 0 aromatic rings. The zero-order chi connectivity index (χ0) is 30.8. The van der Waals surface area contributed by atoms with Crippen LogP contribution in [-0.4, -0.2) is 23.1 Å². The van der Waals surface area contributed by atoms with E-state index < -0.39 is 5.97 Å². The Labute approximate surface area is 262 Å². The van der Waals surface area contributed by atoms with Crippen molar-refractivity contribution in [2.45, 2.75) is 232 Å². The molecule has 0 aliphatic rings. The molecule has 0 heterocycles. The van der Waals surface area contributed by atoms with Gasteiger partial charge >= 0.3 is 11.9 Å². The third-order valence-corrected chi connectivity index (χ3v) is 8.83. The number of carbonyl (C=O) groups is 2. The molecule has 0 saturated carbocycles. The molecule has 0 amide bonds. The van der Waals surface area contributed by atoms with Gasteiger partial charge in [-0.25, -0.2) is 0 Å². The number of aliphatic carboxylic acids is 1. The molecule has 0 aromatic heterocycles. The Kier molecular flexibility index (Phi) is 33.6. The maximum absolute atomic E-state index is 12.6. The lowest BCUT2D eigenvalue weighted by molar-refractivity contribution is -0.150. The summed E-state index contributed by atoms with van der Waals surface area (Å²) in [7, 11) is 0. The summed E-state index contributed by atoms with van der Waals surface area (Å²) in [6, 6.07) is 0. The van der Waals surface area contributed by atoms with Gasteiger partial charge in [-0.1, -0.05) is 174 Å². The monoisotopic (exact) mass is 595 g/mol. The van der Waals surface area contributed by atoms with Gasteiger partial charge in [0.05, 0.1) is 0 Å². The Morgan fingerprint density at radius 1 is 0.429 bits per heavy atom. The Morgan fingerprint density at radius 2 is 0.714 bits per heavy atom. The van der Waals surface area contributed by atoms with Crippen molar-refractivity contribution in [3.05, 3.63) is 0 Å². The number of ether oxygens (including phenoxy) is 1. The number of hydrogen-bond acceptors (Lipinski definition) is 3. The summed E-state index contributed by atoms with van der Waals surface area (Å²) in [5, 5.41) is 8.78. The van der Waals surface area contributed by atoms with E-state index in [1.807, 2.05) is 0 Å². The summed E-state index contributed by atoms with van der Waals surface area (Å²) in [5.41, 5.74) is 0. The highest BCUT2D eigenvalue weighted by atomic mass is 16.5. The summed E-state index contributed by atoms with van der Waals surface area (Å²) in [4.78, 5) is 23.2. The first-order valence-electron chi connectivity index (χ1n) is 19.0. The minimum atomic E-state index is -0.698. The fourth-order valence-electron chi connectivity index (χ4n) is 6.01. The Hall–Kier alpha value is -1.06. The average molecular weight is 595 g/mol. The van der Waals surface area contributed by atoms with Crippen LogP contribution in [0.3, 0.4) is 0 Å². The molecule has 0 saturated heterocycles. The lowest BCUT2D eigenvalue weighted by Crippen LogP contribution is -2.18. The highest BCUT2D eigenvalue weighted by molar-refractivity contribution is 5.69. The van der Waals surface area contributed by atoms with Gasteiger partial charge in [-0.2, -0.15) is 0 Å². The van der Waals surface area contributed by atoms with Crippen LogP contribution in [-0.2, 0) is 14.3 Å². The molecule has 1 N–H and O–H groups in total. The van der Waals surface area contributed by atoms with Crippen molar-refractivity contribution >= 4 is 11.9 Å². The maximum Gasteiger partial charge on any atom is 0.306 e. The van der Waals surface area contributed by atoms with Crippen molar-refractivity contribution in [1.82, 2.24) is 0 Å². The predicted molar refractivity (Wildman–Crippen MR) is 181 cm³/mol. The minimum absolute atomic E-state index is 0.00497. The first kappa shape index (κ1) is 40.9. The predicted octanol–water partition coefficient (Wildman–Crippen LogP) is 12.9. The fourth-order valence-corrected chi connectivity index (χ4v) is 6.01. The van der Waals surface area contributed by atoms with Gasteiger partial charge in [0, 0.05) is 12.8 Å². The summed E-state index contributed by atoms with van der Waals surface area (Å²) in [5.74, 6) is -0.693. The van der Waals surface area contributed by atoms with Crippen LogP contribution < -0.4 is 0 Å². The number of hydrogen-bond donors (Lipinski definition) is 1. The zero-order valence-corrected chi connectivity index (χ0v) is 28.6. The van der Waals surface area contributed by atoms with E-state index in [0.29, 0.717) is 6.42 Å². The molecule has 0 fully saturated rings. The van der Waals surface area contributed by atoms with Crippen LogP contribution in [0.2, 0.25) is 0 Å². The van der Waals surface area contributed by atoms with E-state index in [4.69, 9.17) is 9.84 Å². The second-order valence-corrected chi connectivity index (χ2v) is 13.1. The number of carbonyl (C=O) groups excluding carboxylic acids is 1. The van der Waals surface area contributed by atoms with Gasteiger partial charge < -0.3 is 9.84 Å². The third-order valence-electron chi connectivity index (χ3n) is 8.83. The van der Waals surface area contributed by atoms with Crippen LogP contribution in [0.15, 0.2) is 0 Å². The lowest BCUT2D eigenvalue weighted by Gasteiger charge is -2.18. The van der Waals surface area contributed by atoms with Crippen molar-refractivity contribution in [2.24, 2.45) is 0 Å². The summed E-state index contributed by atoms with van der Waals surface area (Å²) in [6.07, 6.45) is 39.8. The number of carboxylic acids is 1. The fraction of sp³-hybridized carbons (Fsp3) is 0.947. The maximum atomic E-state index is 12.6. The van der Waals surface area contributed by atoms with Crippen LogP contribution in [0.25, 0.3) is 0 Å². The van der Waals surface area contributed by atoms with E-state index in [1.165, 1.54) is 135 Å². The summed E-state index contributed by atoms with van der Waals surface area (Å²) < 4.78 is 5.97.